The highest BCUT2D eigenvalue weighted by atomic mass is 32.1. The van der Waals surface area contributed by atoms with Crippen LogP contribution in [0.4, 0.5) is 5.69 Å². The van der Waals surface area contributed by atoms with Gasteiger partial charge in [-0.05, 0) is 55.0 Å². The average molecular weight is 331 g/mol. The van der Waals surface area contributed by atoms with Gasteiger partial charge in [-0.3, -0.25) is 4.79 Å². The number of carbonyl (C=O) groups excluding carboxylic acids is 2. The molecule has 0 fully saturated rings. The van der Waals surface area contributed by atoms with Crippen LogP contribution in [0.3, 0.4) is 0 Å². The summed E-state index contributed by atoms with van der Waals surface area (Å²) in [5.74, 6) is -0.344. The van der Waals surface area contributed by atoms with E-state index in [0.29, 0.717) is 24.3 Å². The zero-order chi connectivity index (χ0) is 16.5. The Morgan fingerprint density at radius 1 is 1.17 bits per heavy atom. The van der Waals surface area contributed by atoms with Crippen molar-refractivity contribution >= 4 is 28.9 Å². The molecule has 2 aromatic rings. The van der Waals surface area contributed by atoms with Gasteiger partial charge in [-0.2, -0.15) is 0 Å². The molecular weight excluding hydrogens is 310 g/mol. The third kappa shape index (κ3) is 5.87. The maximum absolute atomic E-state index is 11.9. The number of carbonyl (C=O) groups is 2. The van der Waals surface area contributed by atoms with Crippen LogP contribution in [0.5, 0.6) is 0 Å². The summed E-state index contributed by atoms with van der Waals surface area (Å²) >= 11 is 1.71. The summed E-state index contributed by atoms with van der Waals surface area (Å²) < 4.78 is 5.06. The molecule has 1 amide bonds. The van der Waals surface area contributed by atoms with Crippen molar-refractivity contribution in [1.29, 1.82) is 0 Å². The normalized spacial score (nSPS) is 10.3. The number of hydrogen-bond acceptors (Lipinski definition) is 4. The van der Waals surface area contributed by atoms with E-state index in [1.807, 2.05) is 18.4 Å². The highest BCUT2D eigenvalue weighted by Crippen LogP contribution is 2.14. The molecule has 1 N–H and O–H groups in total. The van der Waals surface area contributed by atoms with Gasteiger partial charge in [0.15, 0.2) is 0 Å². The van der Waals surface area contributed by atoms with Gasteiger partial charge in [0.2, 0.25) is 5.91 Å². The zero-order valence-electron chi connectivity index (χ0n) is 13.2. The first-order valence-corrected chi connectivity index (χ1v) is 8.66. The number of esters is 1. The summed E-state index contributed by atoms with van der Waals surface area (Å²) in [6.07, 6.45) is 3.03. The molecule has 0 saturated carbocycles. The summed E-state index contributed by atoms with van der Waals surface area (Å²) in [6, 6.07) is 10.9. The Kier molecular flexibility index (Phi) is 6.81. The van der Waals surface area contributed by atoms with Gasteiger partial charge in [0.25, 0.3) is 0 Å². The van der Waals surface area contributed by atoms with Gasteiger partial charge >= 0.3 is 5.97 Å². The van der Waals surface area contributed by atoms with Crippen molar-refractivity contribution in [2.75, 3.05) is 11.9 Å². The van der Waals surface area contributed by atoms with Gasteiger partial charge < -0.3 is 10.1 Å². The number of anilines is 1. The second-order valence-corrected chi connectivity index (χ2v) is 6.23. The molecule has 0 unspecified atom stereocenters. The van der Waals surface area contributed by atoms with Crippen LogP contribution in [-0.4, -0.2) is 18.5 Å². The van der Waals surface area contributed by atoms with Crippen LogP contribution in [0.2, 0.25) is 0 Å². The highest BCUT2D eigenvalue weighted by Gasteiger charge is 2.07. The average Bonchev–Trinajstić information content (AvgIpc) is 3.06. The molecule has 1 aromatic heterocycles. The highest BCUT2D eigenvalue weighted by molar-refractivity contribution is 7.09. The van der Waals surface area contributed by atoms with Crippen molar-refractivity contribution in [3.8, 4) is 0 Å². The largest absolute Gasteiger partial charge is 0.462 e. The minimum absolute atomic E-state index is 0.0112. The van der Waals surface area contributed by atoms with E-state index < -0.39 is 0 Å². The third-order valence-electron chi connectivity index (χ3n) is 3.25. The standard InChI is InChI=1S/C18H21NO3S/c1-2-12-22-18(21)14-8-10-15(11-9-14)19-17(20)7-3-5-16-6-4-13-23-16/h4,6,8-11,13H,2-3,5,7,12H2,1H3,(H,19,20). The van der Waals surface area contributed by atoms with Crippen molar-refractivity contribution in [2.24, 2.45) is 0 Å². The van der Waals surface area contributed by atoms with E-state index >= 15 is 0 Å². The molecule has 1 heterocycles. The maximum Gasteiger partial charge on any atom is 0.338 e. The lowest BCUT2D eigenvalue weighted by Crippen LogP contribution is -2.12. The van der Waals surface area contributed by atoms with Crippen LogP contribution < -0.4 is 5.32 Å². The second kappa shape index (κ2) is 9.10. The van der Waals surface area contributed by atoms with E-state index in [9.17, 15) is 9.59 Å². The molecule has 0 aliphatic heterocycles. The fourth-order valence-corrected chi connectivity index (χ4v) is 2.82. The Labute approximate surface area is 140 Å². The summed E-state index contributed by atoms with van der Waals surface area (Å²) in [4.78, 5) is 24.9. The molecule has 1 aromatic carbocycles. The topological polar surface area (TPSA) is 55.4 Å². The molecule has 0 aliphatic carbocycles. The summed E-state index contributed by atoms with van der Waals surface area (Å²) in [7, 11) is 0. The predicted molar refractivity (Wildman–Crippen MR) is 92.9 cm³/mol. The van der Waals surface area contributed by atoms with Crippen molar-refractivity contribution in [1.82, 2.24) is 0 Å². The first-order chi connectivity index (χ1) is 11.2. The lowest BCUT2D eigenvalue weighted by atomic mass is 10.2. The SMILES string of the molecule is CCCOC(=O)c1ccc(NC(=O)CCCc2cccs2)cc1. The fraction of sp³-hybridized carbons (Fsp3) is 0.333. The van der Waals surface area contributed by atoms with E-state index in [4.69, 9.17) is 4.74 Å². The van der Waals surface area contributed by atoms with Crippen molar-refractivity contribution in [3.05, 3.63) is 52.2 Å². The van der Waals surface area contributed by atoms with Gasteiger partial charge in [-0.15, -0.1) is 11.3 Å². The Hall–Kier alpha value is -2.14. The second-order valence-electron chi connectivity index (χ2n) is 5.19. The van der Waals surface area contributed by atoms with E-state index in [1.54, 1.807) is 35.6 Å². The van der Waals surface area contributed by atoms with Crippen LogP contribution >= 0.6 is 11.3 Å². The molecule has 0 atom stereocenters. The lowest BCUT2D eigenvalue weighted by molar-refractivity contribution is -0.116. The summed E-state index contributed by atoms with van der Waals surface area (Å²) in [5.41, 5.74) is 1.19. The van der Waals surface area contributed by atoms with E-state index in [-0.39, 0.29) is 11.9 Å². The van der Waals surface area contributed by atoms with Crippen LogP contribution in [0.25, 0.3) is 0 Å². The molecular formula is C18H21NO3S. The van der Waals surface area contributed by atoms with Crippen LogP contribution in [0.15, 0.2) is 41.8 Å². The number of rotatable bonds is 8. The van der Waals surface area contributed by atoms with Gasteiger partial charge in [-0.25, -0.2) is 4.79 Å². The monoisotopic (exact) mass is 331 g/mol. The van der Waals surface area contributed by atoms with Gasteiger partial charge in [0, 0.05) is 17.0 Å². The molecule has 5 heteroatoms. The molecule has 0 saturated heterocycles. The van der Waals surface area contributed by atoms with Crippen molar-refractivity contribution < 1.29 is 14.3 Å². The van der Waals surface area contributed by atoms with Gasteiger partial charge in [0.1, 0.15) is 0 Å². The fourth-order valence-electron chi connectivity index (χ4n) is 2.07. The van der Waals surface area contributed by atoms with Crippen molar-refractivity contribution in [2.45, 2.75) is 32.6 Å². The van der Waals surface area contributed by atoms with Gasteiger partial charge in [-0.1, -0.05) is 13.0 Å². The smallest absolute Gasteiger partial charge is 0.338 e. The van der Waals surface area contributed by atoms with Crippen molar-refractivity contribution in [3.63, 3.8) is 0 Å². The summed E-state index contributed by atoms with van der Waals surface area (Å²) in [6.45, 7) is 2.37. The first-order valence-electron chi connectivity index (χ1n) is 7.78. The summed E-state index contributed by atoms with van der Waals surface area (Å²) in [5, 5.41) is 4.89. The molecule has 122 valence electrons. The van der Waals surface area contributed by atoms with E-state index in [2.05, 4.69) is 11.4 Å². The molecule has 0 spiro atoms. The van der Waals surface area contributed by atoms with Gasteiger partial charge in [0.05, 0.1) is 12.2 Å². The zero-order valence-corrected chi connectivity index (χ0v) is 14.0. The number of amides is 1. The number of hydrogen-bond donors (Lipinski definition) is 1. The number of thiophene rings is 1. The molecule has 0 aliphatic rings. The Morgan fingerprint density at radius 2 is 1.96 bits per heavy atom. The van der Waals surface area contributed by atoms with Crippen LogP contribution in [0, 0.1) is 0 Å². The molecule has 23 heavy (non-hydrogen) atoms. The number of benzene rings is 1. The Morgan fingerprint density at radius 3 is 2.61 bits per heavy atom. The minimum atomic E-state index is -0.333. The predicted octanol–water partition coefficient (Wildman–Crippen LogP) is 4.28. The molecule has 2 rings (SSSR count). The van der Waals surface area contributed by atoms with Crippen LogP contribution in [0.1, 0.15) is 41.4 Å². The maximum atomic E-state index is 11.9. The number of aryl methyl sites for hydroxylation is 1. The number of ether oxygens (including phenoxy) is 1. The number of nitrogens with one attached hydrogen (secondary N) is 1. The quantitative estimate of drug-likeness (QED) is 0.735. The Bertz CT molecular complexity index is 620. The van der Waals surface area contributed by atoms with E-state index in [0.717, 1.165) is 19.3 Å². The van der Waals surface area contributed by atoms with E-state index in [1.165, 1.54) is 4.88 Å². The lowest BCUT2D eigenvalue weighted by Gasteiger charge is -2.07. The molecule has 0 radical (unpaired) electrons. The molecule has 4 nitrogen and oxygen atoms in total. The third-order valence-corrected chi connectivity index (χ3v) is 4.18. The minimum Gasteiger partial charge on any atom is -0.462 e. The molecule has 0 bridgehead atoms. The first kappa shape index (κ1) is 17.2. The van der Waals surface area contributed by atoms with Crippen LogP contribution in [-0.2, 0) is 16.0 Å². The Balaban J connectivity index is 1.76.